The lowest BCUT2D eigenvalue weighted by Crippen LogP contribution is -2.22. The van der Waals surface area contributed by atoms with Crippen LogP contribution in [0.1, 0.15) is 55.4 Å². The Labute approximate surface area is 109 Å². The quantitative estimate of drug-likeness (QED) is 0.818. The van der Waals surface area contributed by atoms with Gasteiger partial charge in [-0.1, -0.05) is 37.4 Å². The number of aryl methyl sites for hydroxylation is 2. The lowest BCUT2D eigenvalue weighted by Gasteiger charge is -2.31. The maximum absolute atomic E-state index is 10.6. The molecular weight excluding hydrogens is 232 g/mol. The summed E-state index contributed by atoms with van der Waals surface area (Å²) < 4.78 is 0. The molecule has 17 heavy (non-hydrogen) atoms. The molecule has 1 unspecified atom stereocenters. The summed E-state index contributed by atoms with van der Waals surface area (Å²) in [6.45, 7) is 6.23. The van der Waals surface area contributed by atoms with E-state index in [2.05, 4.69) is 6.92 Å². The fourth-order valence-corrected chi connectivity index (χ4v) is 3.15. The van der Waals surface area contributed by atoms with E-state index in [1.807, 2.05) is 26.0 Å². The zero-order valence-electron chi connectivity index (χ0n) is 10.9. The first-order valence-electron chi connectivity index (χ1n) is 6.39. The van der Waals surface area contributed by atoms with E-state index >= 15 is 0 Å². The van der Waals surface area contributed by atoms with E-state index in [4.69, 9.17) is 11.6 Å². The van der Waals surface area contributed by atoms with E-state index in [0.717, 1.165) is 34.6 Å². The van der Waals surface area contributed by atoms with Gasteiger partial charge in [-0.3, -0.25) is 0 Å². The molecule has 0 amide bonds. The first kappa shape index (κ1) is 12.9. The third-order valence-corrected chi connectivity index (χ3v) is 4.66. The minimum absolute atomic E-state index is 0.0467. The van der Waals surface area contributed by atoms with Crippen LogP contribution in [0.5, 0.6) is 0 Å². The molecule has 1 fully saturated rings. The van der Waals surface area contributed by atoms with Crippen LogP contribution in [0, 0.1) is 19.3 Å². The number of halogens is 1. The second-order valence-corrected chi connectivity index (χ2v) is 6.13. The molecule has 0 saturated heterocycles. The monoisotopic (exact) mass is 252 g/mol. The van der Waals surface area contributed by atoms with Crippen LogP contribution in [0.2, 0.25) is 5.02 Å². The second kappa shape index (κ2) is 4.62. The summed E-state index contributed by atoms with van der Waals surface area (Å²) in [4.78, 5) is 0. The van der Waals surface area contributed by atoms with Crippen LogP contribution in [0.4, 0.5) is 0 Å². The number of benzene rings is 1. The van der Waals surface area contributed by atoms with Gasteiger partial charge in [-0.25, -0.2) is 0 Å². The average Bonchev–Trinajstić information content (AvgIpc) is 2.71. The molecule has 0 radical (unpaired) electrons. The summed E-state index contributed by atoms with van der Waals surface area (Å²) in [5, 5.41) is 11.4. The Morgan fingerprint density at radius 1 is 1.18 bits per heavy atom. The number of hydrogen-bond acceptors (Lipinski definition) is 1. The molecule has 1 atom stereocenters. The van der Waals surface area contributed by atoms with Gasteiger partial charge in [0.25, 0.3) is 0 Å². The van der Waals surface area contributed by atoms with Gasteiger partial charge in [0, 0.05) is 5.02 Å². The first-order chi connectivity index (χ1) is 7.94. The Kier molecular flexibility index (Phi) is 3.51. The summed E-state index contributed by atoms with van der Waals surface area (Å²) >= 11 is 6.10. The van der Waals surface area contributed by atoms with Crippen molar-refractivity contribution in [1.29, 1.82) is 0 Å². The Bertz CT molecular complexity index is 419. The van der Waals surface area contributed by atoms with Gasteiger partial charge in [-0.2, -0.15) is 0 Å². The molecular formula is C15H21ClO. The molecule has 1 aromatic rings. The predicted molar refractivity (Wildman–Crippen MR) is 72.5 cm³/mol. The average molecular weight is 253 g/mol. The predicted octanol–water partition coefficient (Wildman–Crippen LogP) is 4.57. The fourth-order valence-electron chi connectivity index (χ4n) is 2.93. The van der Waals surface area contributed by atoms with E-state index in [9.17, 15) is 5.11 Å². The summed E-state index contributed by atoms with van der Waals surface area (Å²) in [5.41, 5.74) is 3.25. The molecule has 0 spiro atoms. The van der Waals surface area contributed by atoms with Crippen molar-refractivity contribution in [3.05, 3.63) is 33.8 Å². The third kappa shape index (κ3) is 2.36. The van der Waals surface area contributed by atoms with Crippen molar-refractivity contribution in [2.45, 2.75) is 52.6 Å². The van der Waals surface area contributed by atoms with Crippen molar-refractivity contribution in [3.8, 4) is 0 Å². The molecule has 2 heteroatoms. The van der Waals surface area contributed by atoms with Crippen molar-refractivity contribution in [2.75, 3.05) is 0 Å². The minimum Gasteiger partial charge on any atom is -0.388 e. The van der Waals surface area contributed by atoms with Gasteiger partial charge in [0.15, 0.2) is 0 Å². The largest absolute Gasteiger partial charge is 0.388 e. The zero-order chi connectivity index (χ0) is 12.6. The molecule has 1 saturated carbocycles. The maximum atomic E-state index is 10.6. The molecule has 0 bridgehead atoms. The first-order valence-corrected chi connectivity index (χ1v) is 6.76. The van der Waals surface area contributed by atoms with Gasteiger partial charge in [-0.15, -0.1) is 0 Å². The van der Waals surface area contributed by atoms with E-state index in [1.54, 1.807) is 0 Å². The molecule has 1 nitrogen and oxygen atoms in total. The lowest BCUT2D eigenvalue weighted by atomic mass is 9.78. The van der Waals surface area contributed by atoms with Crippen LogP contribution in [0.3, 0.4) is 0 Å². The Morgan fingerprint density at radius 3 is 2.35 bits per heavy atom. The molecule has 2 rings (SSSR count). The van der Waals surface area contributed by atoms with Gasteiger partial charge in [-0.05, 0) is 54.9 Å². The van der Waals surface area contributed by atoms with Crippen LogP contribution < -0.4 is 0 Å². The number of aliphatic hydroxyl groups is 1. The molecule has 0 aromatic heterocycles. The molecule has 0 aliphatic heterocycles. The van der Waals surface area contributed by atoms with Crippen LogP contribution in [0.25, 0.3) is 0 Å². The topological polar surface area (TPSA) is 20.2 Å². The summed E-state index contributed by atoms with van der Waals surface area (Å²) in [6, 6.07) is 4.01. The Hall–Kier alpha value is -0.530. The highest BCUT2D eigenvalue weighted by Crippen LogP contribution is 2.48. The van der Waals surface area contributed by atoms with Gasteiger partial charge in [0.1, 0.15) is 0 Å². The number of rotatable bonds is 2. The molecule has 1 N–H and O–H groups in total. The highest BCUT2D eigenvalue weighted by molar-refractivity contribution is 6.31. The second-order valence-electron chi connectivity index (χ2n) is 5.72. The normalized spacial score (nSPS) is 20.5. The van der Waals surface area contributed by atoms with Gasteiger partial charge in [0.05, 0.1) is 6.10 Å². The smallest absolute Gasteiger partial charge is 0.0846 e. The van der Waals surface area contributed by atoms with Gasteiger partial charge < -0.3 is 5.11 Å². The molecule has 0 heterocycles. The Balaban J connectivity index is 2.36. The van der Waals surface area contributed by atoms with Crippen molar-refractivity contribution >= 4 is 11.6 Å². The molecule has 1 aliphatic carbocycles. The third-order valence-electron chi connectivity index (χ3n) is 4.25. The SMILES string of the molecule is Cc1cc(C(O)C2(C)CCCC2)c(C)cc1Cl. The van der Waals surface area contributed by atoms with E-state index in [-0.39, 0.29) is 11.5 Å². The van der Waals surface area contributed by atoms with Crippen molar-refractivity contribution in [2.24, 2.45) is 5.41 Å². The van der Waals surface area contributed by atoms with Crippen LogP contribution in [-0.2, 0) is 0 Å². The summed E-state index contributed by atoms with van der Waals surface area (Å²) in [7, 11) is 0. The van der Waals surface area contributed by atoms with Gasteiger partial charge in [0.2, 0.25) is 0 Å². The standard InChI is InChI=1S/C15H21ClO/c1-10-9-13(16)11(2)8-12(10)14(17)15(3)6-4-5-7-15/h8-9,14,17H,4-7H2,1-3H3. The maximum Gasteiger partial charge on any atom is 0.0846 e. The molecule has 94 valence electrons. The van der Waals surface area contributed by atoms with Crippen LogP contribution >= 0.6 is 11.6 Å². The fraction of sp³-hybridized carbons (Fsp3) is 0.600. The van der Waals surface area contributed by atoms with Gasteiger partial charge >= 0.3 is 0 Å². The van der Waals surface area contributed by atoms with E-state index in [1.165, 1.54) is 12.8 Å². The minimum atomic E-state index is -0.360. The van der Waals surface area contributed by atoms with E-state index in [0.29, 0.717) is 0 Å². The van der Waals surface area contributed by atoms with Crippen molar-refractivity contribution in [1.82, 2.24) is 0 Å². The zero-order valence-corrected chi connectivity index (χ0v) is 11.6. The highest BCUT2D eigenvalue weighted by Gasteiger charge is 2.37. The summed E-state index contributed by atoms with van der Waals surface area (Å²) in [6.07, 6.45) is 4.35. The van der Waals surface area contributed by atoms with E-state index < -0.39 is 0 Å². The number of hydrogen-bond donors (Lipinski definition) is 1. The highest BCUT2D eigenvalue weighted by atomic mass is 35.5. The molecule has 1 aliphatic rings. The lowest BCUT2D eigenvalue weighted by molar-refractivity contribution is 0.0403. The summed E-state index contributed by atoms with van der Waals surface area (Å²) in [5.74, 6) is 0. The van der Waals surface area contributed by atoms with Crippen LogP contribution in [0.15, 0.2) is 12.1 Å². The van der Waals surface area contributed by atoms with Crippen molar-refractivity contribution in [3.63, 3.8) is 0 Å². The Morgan fingerprint density at radius 2 is 1.76 bits per heavy atom. The van der Waals surface area contributed by atoms with Crippen molar-refractivity contribution < 1.29 is 5.11 Å². The molecule has 1 aromatic carbocycles. The number of aliphatic hydroxyl groups excluding tert-OH is 1. The van der Waals surface area contributed by atoms with Crippen LogP contribution in [-0.4, -0.2) is 5.11 Å².